The monoisotopic (exact) mass is 290 g/mol. The van der Waals surface area contributed by atoms with Crippen molar-refractivity contribution in [3.05, 3.63) is 23.8 Å². The lowest BCUT2D eigenvalue weighted by Gasteiger charge is -2.08. The van der Waals surface area contributed by atoms with Crippen LogP contribution in [-0.4, -0.2) is 27.1 Å². The van der Waals surface area contributed by atoms with E-state index >= 15 is 0 Å². The van der Waals surface area contributed by atoms with Crippen molar-refractivity contribution in [3.8, 4) is 5.75 Å². The third-order valence-corrected chi connectivity index (χ3v) is 3.89. The van der Waals surface area contributed by atoms with Crippen molar-refractivity contribution in [2.24, 2.45) is 0 Å². The van der Waals surface area contributed by atoms with Crippen molar-refractivity contribution in [1.29, 1.82) is 0 Å². The van der Waals surface area contributed by atoms with E-state index in [4.69, 9.17) is 20.2 Å². The molecule has 0 saturated heterocycles. The molecule has 0 aromatic heterocycles. The number of hydrogen-bond donors (Lipinski definition) is 0. The van der Waals surface area contributed by atoms with Crippen LogP contribution in [0.5, 0.6) is 5.75 Å². The quantitative estimate of drug-likeness (QED) is 0.623. The molecule has 1 aromatic carbocycles. The predicted octanol–water partition coefficient (Wildman–Crippen LogP) is 1.48. The van der Waals surface area contributed by atoms with Gasteiger partial charge in [-0.25, -0.2) is 13.2 Å². The zero-order valence-corrected chi connectivity index (χ0v) is 11.1. The summed E-state index contributed by atoms with van der Waals surface area (Å²) in [5.74, 6) is 0.0288. The number of fused-ring (bicyclic) bond motifs is 1. The van der Waals surface area contributed by atoms with E-state index in [0.717, 1.165) is 0 Å². The molecule has 0 fully saturated rings. The molecule has 0 aliphatic carbocycles. The van der Waals surface area contributed by atoms with Crippen LogP contribution in [0.1, 0.15) is 12.5 Å². The van der Waals surface area contributed by atoms with Gasteiger partial charge in [-0.3, -0.25) is 0 Å². The van der Waals surface area contributed by atoms with E-state index in [-0.39, 0.29) is 17.9 Å². The maximum Gasteiger partial charge on any atom is 0.347 e. The van der Waals surface area contributed by atoms with E-state index in [1.54, 1.807) is 6.92 Å². The van der Waals surface area contributed by atoms with Gasteiger partial charge < -0.3 is 9.47 Å². The molecule has 7 heteroatoms. The van der Waals surface area contributed by atoms with Gasteiger partial charge in [0.2, 0.25) is 0 Å². The van der Waals surface area contributed by atoms with Crippen LogP contribution in [0.3, 0.4) is 0 Å². The summed E-state index contributed by atoms with van der Waals surface area (Å²) in [4.78, 5) is 11.5. The number of halogens is 1. The SMILES string of the molecule is CCOC(=O)[C@@H]1Cc2cc(S(=O)(=O)Cl)ccc2O1. The Labute approximate surface area is 109 Å². The molecule has 98 valence electrons. The van der Waals surface area contributed by atoms with Gasteiger partial charge in [0.1, 0.15) is 5.75 Å². The van der Waals surface area contributed by atoms with Crippen LogP contribution in [0, 0.1) is 0 Å². The number of esters is 1. The molecule has 1 atom stereocenters. The Morgan fingerprint density at radius 3 is 2.89 bits per heavy atom. The molecule has 0 radical (unpaired) electrons. The molecule has 0 N–H and O–H groups in total. The van der Waals surface area contributed by atoms with Gasteiger partial charge in [0, 0.05) is 17.1 Å². The first-order valence-corrected chi connectivity index (χ1v) is 7.63. The van der Waals surface area contributed by atoms with Crippen LogP contribution < -0.4 is 4.74 Å². The molecule has 0 spiro atoms. The Balaban J connectivity index is 2.23. The topological polar surface area (TPSA) is 69.7 Å². The second kappa shape index (κ2) is 4.78. The number of carbonyl (C=O) groups is 1. The summed E-state index contributed by atoms with van der Waals surface area (Å²) in [6, 6.07) is 4.25. The Morgan fingerprint density at radius 1 is 1.56 bits per heavy atom. The summed E-state index contributed by atoms with van der Waals surface area (Å²) in [7, 11) is 1.48. The third kappa shape index (κ3) is 2.59. The highest BCUT2D eigenvalue weighted by atomic mass is 35.7. The van der Waals surface area contributed by atoms with Gasteiger partial charge in [-0.2, -0.15) is 0 Å². The molecule has 1 aromatic rings. The van der Waals surface area contributed by atoms with Gasteiger partial charge in [0.05, 0.1) is 11.5 Å². The average molecular weight is 291 g/mol. The third-order valence-electron chi connectivity index (χ3n) is 2.54. The molecule has 18 heavy (non-hydrogen) atoms. The van der Waals surface area contributed by atoms with Gasteiger partial charge in [-0.1, -0.05) is 0 Å². The first-order chi connectivity index (χ1) is 8.41. The van der Waals surface area contributed by atoms with Gasteiger partial charge in [0.25, 0.3) is 9.05 Å². The molecule has 5 nitrogen and oxygen atoms in total. The van der Waals surface area contributed by atoms with Gasteiger partial charge in [-0.05, 0) is 30.7 Å². The van der Waals surface area contributed by atoms with E-state index in [0.29, 0.717) is 11.3 Å². The van der Waals surface area contributed by atoms with Crippen molar-refractivity contribution in [2.45, 2.75) is 24.3 Å². The summed E-state index contributed by atoms with van der Waals surface area (Å²) in [5, 5.41) is 0. The smallest absolute Gasteiger partial charge is 0.347 e. The number of carbonyl (C=O) groups excluding carboxylic acids is 1. The fourth-order valence-electron chi connectivity index (χ4n) is 1.74. The first-order valence-electron chi connectivity index (χ1n) is 5.32. The number of benzene rings is 1. The largest absolute Gasteiger partial charge is 0.478 e. The standard InChI is InChI=1S/C11H11ClO5S/c1-2-16-11(13)10-6-7-5-8(18(12,14)15)3-4-9(7)17-10/h3-5,10H,2,6H2,1H3/t10-/m0/s1. The highest BCUT2D eigenvalue weighted by Crippen LogP contribution is 2.32. The fourth-order valence-corrected chi connectivity index (χ4v) is 2.54. The second-order valence-electron chi connectivity index (χ2n) is 3.77. The van der Waals surface area contributed by atoms with Crippen LogP contribution in [0.4, 0.5) is 0 Å². The van der Waals surface area contributed by atoms with Gasteiger partial charge >= 0.3 is 5.97 Å². The van der Waals surface area contributed by atoms with Gasteiger partial charge in [-0.15, -0.1) is 0 Å². The minimum atomic E-state index is -3.77. The zero-order valence-electron chi connectivity index (χ0n) is 9.55. The molecule has 1 aliphatic heterocycles. The fraction of sp³-hybridized carbons (Fsp3) is 0.364. The lowest BCUT2D eigenvalue weighted by molar-refractivity contribution is -0.150. The van der Waals surface area contributed by atoms with Gasteiger partial charge in [0.15, 0.2) is 6.10 Å². The van der Waals surface area contributed by atoms with Crippen molar-refractivity contribution < 1.29 is 22.7 Å². The lowest BCUT2D eigenvalue weighted by atomic mass is 10.1. The number of ether oxygens (including phenoxy) is 2. The predicted molar refractivity (Wildman–Crippen MR) is 64.2 cm³/mol. The maximum absolute atomic E-state index is 11.5. The Hall–Kier alpha value is -1.27. The number of rotatable bonds is 3. The van der Waals surface area contributed by atoms with Crippen molar-refractivity contribution >= 4 is 25.7 Å². The van der Waals surface area contributed by atoms with Crippen molar-refractivity contribution in [3.63, 3.8) is 0 Å². The van der Waals surface area contributed by atoms with E-state index in [1.807, 2.05) is 0 Å². The zero-order chi connectivity index (χ0) is 13.3. The molecule has 0 saturated carbocycles. The highest BCUT2D eigenvalue weighted by molar-refractivity contribution is 8.13. The van der Waals surface area contributed by atoms with Crippen LogP contribution in [0.2, 0.25) is 0 Å². The van der Waals surface area contributed by atoms with Crippen LogP contribution in [0.25, 0.3) is 0 Å². The van der Waals surface area contributed by atoms with E-state index in [9.17, 15) is 13.2 Å². The van der Waals surface area contributed by atoms with Crippen molar-refractivity contribution in [2.75, 3.05) is 6.61 Å². The van der Waals surface area contributed by atoms with Crippen LogP contribution in [0.15, 0.2) is 23.1 Å². The summed E-state index contributed by atoms with van der Waals surface area (Å²) in [5.41, 5.74) is 0.634. The molecule has 1 aliphatic rings. The van der Waals surface area contributed by atoms with E-state index < -0.39 is 21.1 Å². The molecule has 2 rings (SSSR count). The molecular weight excluding hydrogens is 280 g/mol. The average Bonchev–Trinajstić information content (AvgIpc) is 2.70. The van der Waals surface area contributed by atoms with Crippen LogP contribution >= 0.6 is 10.7 Å². The molecule has 0 unspecified atom stereocenters. The minimum Gasteiger partial charge on any atom is -0.478 e. The minimum absolute atomic E-state index is 0.00368. The summed E-state index contributed by atoms with van der Waals surface area (Å²) in [6.45, 7) is 1.98. The highest BCUT2D eigenvalue weighted by Gasteiger charge is 2.31. The number of hydrogen-bond acceptors (Lipinski definition) is 5. The maximum atomic E-state index is 11.5. The molecule has 0 amide bonds. The lowest BCUT2D eigenvalue weighted by Crippen LogP contribution is -2.27. The normalized spacial score (nSPS) is 18.0. The van der Waals surface area contributed by atoms with E-state index in [2.05, 4.69) is 0 Å². The summed E-state index contributed by atoms with van der Waals surface area (Å²) in [6.07, 6.45) is -0.428. The molecule has 1 heterocycles. The first kappa shape index (κ1) is 13.2. The second-order valence-corrected chi connectivity index (χ2v) is 6.34. The molecular formula is C11H11ClO5S. The van der Waals surface area contributed by atoms with E-state index in [1.165, 1.54) is 18.2 Å². The Morgan fingerprint density at radius 2 is 2.28 bits per heavy atom. The summed E-state index contributed by atoms with van der Waals surface area (Å²) >= 11 is 0. The Kier molecular flexibility index (Phi) is 3.49. The van der Waals surface area contributed by atoms with Crippen molar-refractivity contribution in [1.82, 2.24) is 0 Å². The summed E-state index contributed by atoms with van der Waals surface area (Å²) < 4.78 is 32.6. The van der Waals surface area contributed by atoms with Crippen LogP contribution in [-0.2, 0) is 25.0 Å². The molecule has 0 bridgehead atoms. The Bertz CT molecular complexity index is 581.